The Morgan fingerprint density at radius 1 is 0.979 bits per heavy atom. The molecule has 1 saturated heterocycles. The standard InChI is InChI=1S/C38H44N6O3/c1-26(46)42-36(23-30-19-18-29-15-8-9-16-31(29)33(30)25-45)34-20-22-44(37(47)35(43-34)17-10-21-41-38(39)40)24-32(27-11-4-2-5-12-27)28-13-6-3-7-14-28/h2-9,11-16,18-19,25,32,34-36,43H,10,17,20-24H2,1H3,(H,42,46)(H4,39,40,41)/t34-,35-,36-/m0/s1. The molecule has 3 atom stereocenters. The number of hydrogen-bond donors (Lipinski definition) is 4. The quantitative estimate of drug-likeness (QED) is 0.0755. The van der Waals surface area contributed by atoms with Crippen molar-refractivity contribution in [3.63, 3.8) is 0 Å². The first kappa shape index (κ1) is 33.3. The summed E-state index contributed by atoms with van der Waals surface area (Å²) in [5, 5.41) is 8.64. The minimum Gasteiger partial charge on any atom is -0.370 e. The summed E-state index contributed by atoms with van der Waals surface area (Å²) >= 11 is 0. The fourth-order valence-corrected chi connectivity index (χ4v) is 6.69. The Morgan fingerprint density at radius 3 is 2.28 bits per heavy atom. The van der Waals surface area contributed by atoms with E-state index in [9.17, 15) is 14.4 Å². The van der Waals surface area contributed by atoms with Gasteiger partial charge >= 0.3 is 0 Å². The maximum absolute atomic E-state index is 14.3. The number of aliphatic imine (C=N–C) groups is 1. The fraction of sp³-hybridized carbons (Fsp3) is 0.316. The molecule has 0 bridgehead atoms. The normalized spacial score (nSPS) is 17.2. The van der Waals surface area contributed by atoms with E-state index in [0.717, 1.165) is 33.7 Å². The summed E-state index contributed by atoms with van der Waals surface area (Å²) in [6, 6.07) is 31.2. The highest BCUT2D eigenvalue weighted by Gasteiger charge is 2.36. The van der Waals surface area contributed by atoms with Gasteiger partial charge in [0.15, 0.2) is 12.2 Å². The van der Waals surface area contributed by atoms with E-state index in [1.54, 1.807) is 0 Å². The number of aldehydes is 1. The molecule has 5 rings (SSSR count). The maximum Gasteiger partial charge on any atom is 0.239 e. The molecule has 0 radical (unpaired) electrons. The summed E-state index contributed by atoms with van der Waals surface area (Å²) in [6.07, 6.45) is 3.07. The van der Waals surface area contributed by atoms with Crippen LogP contribution in [0, 0.1) is 0 Å². The molecule has 4 aromatic carbocycles. The minimum atomic E-state index is -0.512. The Balaban J connectivity index is 1.45. The first-order chi connectivity index (χ1) is 22.8. The van der Waals surface area contributed by atoms with Gasteiger partial charge in [-0.25, -0.2) is 0 Å². The number of benzene rings is 4. The molecule has 1 fully saturated rings. The molecule has 2 amide bonds. The van der Waals surface area contributed by atoms with Gasteiger partial charge in [-0.2, -0.15) is 0 Å². The van der Waals surface area contributed by atoms with Crippen LogP contribution in [-0.4, -0.2) is 66.7 Å². The van der Waals surface area contributed by atoms with Crippen molar-refractivity contribution in [2.24, 2.45) is 16.5 Å². The van der Waals surface area contributed by atoms with Crippen LogP contribution in [0.15, 0.2) is 102 Å². The third kappa shape index (κ3) is 8.62. The molecule has 1 heterocycles. The van der Waals surface area contributed by atoms with Crippen LogP contribution in [0.5, 0.6) is 0 Å². The Bertz CT molecular complexity index is 1650. The Labute approximate surface area is 276 Å². The summed E-state index contributed by atoms with van der Waals surface area (Å²) in [6.45, 7) is 2.92. The van der Waals surface area contributed by atoms with E-state index in [1.807, 2.05) is 77.7 Å². The third-order valence-corrected chi connectivity index (χ3v) is 8.98. The van der Waals surface area contributed by atoms with Crippen LogP contribution in [-0.2, 0) is 16.0 Å². The predicted octanol–water partition coefficient (Wildman–Crippen LogP) is 4.14. The molecule has 0 spiro atoms. The molecule has 9 nitrogen and oxygen atoms in total. The van der Waals surface area contributed by atoms with Crippen LogP contribution < -0.4 is 22.1 Å². The van der Waals surface area contributed by atoms with E-state index in [0.29, 0.717) is 50.9 Å². The lowest BCUT2D eigenvalue weighted by Gasteiger charge is -2.30. The lowest BCUT2D eigenvalue weighted by molar-refractivity contribution is -0.133. The summed E-state index contributed by atoms with van der Waals surface area (Å²) < 4.78 is 0. The highest BCUT2D eigenvalue weighted by Crippen LogP contribution is 2.28. The largest absolute Gasteiger partial charge is 0.370 e. The molecule has 244 valence electrons. The number of carbonyl (C=O) groups excluding carboxylic acids is 3. The zero-order chi connectivity index (χ0) is 33.2. The molecule has 6 N–H and O–H groups in total. The van der Waals surface area contributed by atoms with Crippen LogP contribution in [0.25, 0.3) is 10.8 Å². The lowest BCUT2D eigenvalue weighted by atomic mass is 9.90. The number of amides is 2. The second kappa shape index (κ2) is 16.0. The molecule has 1 aliphatic heterocycles. The van der Waals surface area contributed by atoms with E-state index >= 15 is 0 Å². The minimum absolute atomic E-state index is 0.00919. The van der Waals surface area contributed by atoms with Crippen molar-refractivity contribution in [1.82, 2.24) is 15.5 Å². The first-order valence-electron chi connectivity index (χ1n) is 16.3. The Kier molecular flexibility index (Phi) is 11.4. The van der Waals surface area contributed by atoms with Gasteiger partial charge in [0.25, 0.3) is 0 Å². The fourth-order valence-electron chi connectivity index (χ4n) is 6.69. The van der Waals surface area contributed by atoms with E-state index < -0.39 is 6.04 Å². The number of hydrogen-bond acceptors (Lipinski definition) is 5. The van der Waals surface area contributed by atoms with Crippen molar-refractivity contribution in [3.05, 3.63) is 119 Å². The molecule has 0 saturated carbocycles. The van der Waals surface area contributed by atoms with Crippen molar-refractivity contribution in [3.8, 4) is 0 Å². The number of nitrogens with one attached hydrogen (secondary N) is 2. The Hall–Kier alpha value is -5.02. The molecule has 0 unspecified atom stereocenters. The maximum atomic E-state index is 14.3. The summed E-state index contributed by atoms with van der Waals surface area (Å²) in [5.74, 6) is -0.158. The van der Waals surface area contributed by atoms with Crippen LogP contribution in [0.1, 0.15) is 59.2 Å². The van der Waals surface area contributed by atoms with Gasteiger partial charge in [0.05, 0.1) is 6.04 Å². The van der Waals surface area contributed by atoms with Gasteiger partial charge < -0.3 is 27.0 Å². The monoisotopic (exact) mass is 632 g/mol. The summed E-state index contributed by atoms with van der Waals surface area (Å²) in [5.41, 5.74) is 14.9. The van der Waals surface area contributed by atoms with E-state index in [2.05, 4.69) is 39.9 Å². The Morgan fingerprint density at radius 2 is 1.64 bits per heavy atom. The summed E-state index contributed by atoms with van der Waals surface area (Å²) in [7, 11) is 0. The van der Waals surface area contributed by atoms with Crippen molar-refractivity contribution in [2.75, 3.05) is 19.6 Å². The van der Waals surface area contributed by atoms with E-state index in [-0.39, 0.29) is 35.8 Å². The number of nitrogens with zero attached hydrogens (tertiary/aromatic N) is 2. The molecular formula is C38H44N6O3. The zero-order valence-corrected chi connectivity index (χ0v) is 26.8. The molecule has 47 heavy (non-hydrogen) atoms. The van der Waals surface area contributed by atoms with Crippen molar-refractivity contribution in [2.45, 2.75) is 56.7 Å². The predicted molar refractivity (Wildman–Crippen MR) is 187 cm³/mol. The van der Waals surface area contributed by atoms with Gasteiger partial charge in [-0.1, -0.05) is 97.1 Å². The van der Waals surface area contributed by atoms with Gasteiger partial charge in [0.2, 0.25) is 11.8 Å². The second-order valence-electron chi connectivity index (χ2n) is 12.2. The molecule has 4 aromatic rings. The first-order valence-corrected chi connectivity index (χ1v) is 16.3. The van der Waals surface area contributed by atoms with Crippen molar-refractivity contribution >= 4 is 34.8 Å². The lowest BCUT2D eigenvalue weighted by Crippen LogP contribution is -2.54. The van der Waals surface area contributed by atoms with Gasteiger partial charge in [0.1, 0.15) is 0 Å². The van der Waals surface area contributed by atoms with Crippen LogP contribution in [0.3, 0.4) is 0 Å². The number of nitrogens with two attached hydrogens (primary N) is 2. The van der Waals surface area contributed by atoms with Crippen LogP contribution in [0.4, 0.5) is 0 Å². The highest BCUT2D eigenvalue weighted by atomic mass is 16.2. The smallest absolute Gasteiger partial charge is 0.239 e. The summed E-state index contributed by atoms with van der Waals surface area (Å²) in [4.78, 5) is 45.3. The second-order valence-corrected chi connectivity index (χ2v) is 12.2. The number of carbonyl (C=O) groups is 3. The third-order valence-electron chi connectivity index (χ3n) is 8.98. The highest BCUT2D eigenvalue weighted by molar-refractivity contribution is 5.99. The van der Waals surface area contributed by atoms with E-state index in [1.165, 1.54) is 6.92 Å². The topological polar surface area (TPSA) is 143 Å². The van der Waals surface area contributed by atoms with Crippen molar-refractivity contribution < 1.29 is 14.4 Å². The molecule has 0 aromatic heterocycles. The van der Waals surface area contributed by atoms with Crippen molar-refractivity contribution in [1.29, 1.82) is 0 Å². The van der Waals surface area contributed by atoms with Gasteiger partial charge in [-0.3, -0.25) is 19.4 Å². The average molecular weight is 633 g/mol. The number of rotatable bonds is 13. The van der Waals surface area contributed by atoms with Gasteiger partial charge in [-0.15, -0.1) is 0 Å². The zero-order valence-electron chi connectivity index (χ0n) is 26.8. The number of guanidine groups is 1. The molecular weight excluding hydrogens is 588 g/mol. The SMILES string of the molecule is CC(=O)N[C@@H](Cc1ccc2ccccc2c1C=O)[C@@H]1CCN(CC(c2ccccc2)c2ccccc2)C(=O)[C@H](CCCN=C(N)N)N1. The van der Waals surface area contributed by atoms with Gasteiger partial charge in [-0.05, 0) is 53.1 Å². The number of fused-ring (bicyclic) bond motifs is 1. The average Bonchev–Trinajstić information content (AvgIpc) is 3.23. The molecule has 1 aliphatic rings. The van der Waals surface area contributed by atoms with Crippen LogP contribution in [0.2, 0.25) is 0 Å². The van der Waals surface area contributed by atoms with Gasteiger partial charge in [0, 0.05) is 50.1 Å². The van der Waals surface area contributed by atoms with E-state index in [4.69, 9.17) is 11.5 Å². The van der Waals surface area contributed by atoms with Crippen LogP contribution >= 0.6 is 0 Å². The molecule has 0 aliphatic carbocycles. The molecule has 9 heteroatoms.